The molecule has 0 spiro atoms. The first kappa shape index (κ1) is 13.4. The molecule has 0 aromatic carbocycles. The zero-order valence-corrected chi connectivity index (χ0v) is 11.6. The van der Waals surface area contributed by atoms with Crippen LogP contribution in [0.15, 0.2) is 6.20 Å². The van der Waals surface area contributed by atoms with Crippen LogP contribution in [0.3, 0.4) is 0 Å². The monoisotopic (exact) mass is 270 g/mol. The van der Waals surface area contributed by atoms with Gasteiger partial charge >= 0.3 is 0 Å². The molecule has 1 unspecified atom stereocenters. The normalized spacial score (nSPS) is 20.1. The lowest BCUT2D eigenvalue weighted by molar-refractivity contribution is 0.228. The molecule has 1 atom stereocenters. The van der Waals surface area contributed by atoms with Gasteiger partial charge in [0.2, 0.25) is 11.8 Å². The highest BCUT2D eigenvalue weighted by molar-refractivity contribution is 6.31. The number of aromatic nitrogens is 2. The van der Waals surface area contributed by atoms with Gasteiger partial charge in [0, 0.05) is 13.1 Å². The molecule has 1 aliphatic rings. The van der Waals surface area contributed by atoms with Gasteiger partial charge in [0.1, 0.15) is 5.02 Å². The number of halogens is 1. The van der Waals surface area contributed by atoms with Crippen molar-refractivity contribution in [1.29, 1.82) is 0 Å². The Morgan fingerprint density at radius 1 is 1.61 bits per heavy atom. The number of hydrogen-bond acceptors (Lipinski definition) is 5. The van der Waals surface area contributed by atoms with Crippen molar-refractivity contribution in [2.24, 2.45) is 0 Å². The molecule has 1 N–H and O–H groups in total. The minimum absolute atomic E-state index is 0.453. The average Bonchev–Trinajstić information content (AvgIpc) is 2.77. The molecule has 18 heavy (non-hydrogen) atoms. The average molecular weight is 271 g/mol. The maximum Gasteiger partial charge on any atom is 0.237 e. The molecule has 0 saturated carbocycles. The molecule has 100 valence electrons. The van der Waals surface area contributed by atoms with E-state index in [9.17, 15) is 0 Å². The van der Waals surface area contributed by atoms with Crippen molar-refractivity contribution < 1.29 is 4.74 Å². The van der Waals surface area contributed by atoms with Crippen LogP contribution in [0.4, 0.5) is 5.95 Å². The summed E-state index contributed by atoms with van der Waals surface area (Å²) in [5.41, 5.74) is 0. The van der Waals surface area contributed by atoms with Crippen molar-refractivity contribution in [3.8, 4) is 5.88 Å². The topological polar surface area (TPSA) is 50.3 Å². The van der Waals surface area contributed by atoms with Gasteiger partial charge in [0.15, 0.2) is 0 Å². The molecule has 0 bridgehead atoms. The molecule has 1 saturated heterocycles. The molecule has 1 aromatic heterocycles. The molecule has 0 aliphatic carbocycles. The Kier molecular flexibility index (Phi) is 4.60. The zero-order chi connectivity index (χ0) is 13.0. The lowest BCUT2D eigenvalue weighted by Crippen LogP contribution is -2.26. The number of ether oxygens (including phenoxy) is 1. The van der Waals surface area contributed by atoms with Gasteiger partial charge in [-0.2, -0.15) is 4.98 Å². The van der Waals surface area contributed by atoms with Crippen molar-refractivity contribution in [2.45, 2.75) is 25.3 Å². The first-order valence-corrected chi connectivity index (χ1v) is 6.62. The van der Waals surface area contributed by atoms with E-state index >= 15 is 0 Å². The zero-order valence-electron chi connectivity index (χ0n) is 10.8. The van der Waals surface area contributed by atoms with Crippen LogP contribution in [0.5, 0.6) is 5.88 Å². The summed E-state index contributed by atoms with van der Waals surface area (Å²) in [4.78, 5) is 10.6. The van der Waals surface area contributed by atoms with Crippen LogP contribution in [0.2, 0.25) is 5.02 Å². The highest BCUT2D eigenvalue weighted by atomic mass is 35.5. The number of nitrogens with zero attached hydrogens (tertiary/aromatic N) is 3. The summed E-state index contributed by atoms with van der Waals surface area (Å²) in [5, 5.41) is 3.32. The lowest BCUT2D eigenvalue weighted by Gasteiger charge is -2.19. The summed E-state index contributed by atoms with van der Waals surface area (Å²) < 4.78 is 5.64. The summed E-state index contributed by atoms with van der Waals surface area (Å²) in [5.74, 6) is 0.976. The molecule has 6 heteroatoms. The van der Waals surface area contributed by atoms with Gasteiger partial charge in [-0.3, -0.25) is 0 Å². The number of nitrogens with one attached hydrogen (secondary N) is 1. The van der Waals surface area contributed by atoms with E-state index in [0.29, 0.717) is 29.5 Å². The molecule has 2 rings (SSSR count). The molecule has 1 aromatic rings. The van der Waals surface area contributed by atoms with E-state index in [2.05, 4.69) is 27.2 Å². The van der Waals surface area contributed by atoms with Crippen LogP contribution >= 0.6 is 11.6 Å². The van der Waals surface area contributed by atoms with Crippen LogP contribution in [0.25, 0.3) is 0 Å². The fourth-order valence-corrected chi connectivity index (χ4v) is 2.35. The van der Waals surface area contributed by atoms with Crippen molar-refractivity contribution in [1.82, 2.24) is 14.9 Å². The molecular weight excluding hydrogens is 252 g/mol. The van der Waals surface area contributed by atoms with Crippen molar-refractivity contribution >= 4 is 17.5 Å². The lowest BCUT2D eigenvalue weighted by atomic mass is 10.1. The van der Waals surface area contributed by atoms with E-state index in [1.165, 1.54) is 19.4 Å². The predicted octanol–water partition coefficient (Wildman–Crippen LogP) is 2.03. The van der Waals surface area contributed by atoms with E-state index in [0.717, 1.165) is 6.42 Å². The molecule has 2 heterocycles. The highest BCUT2D eigenvalue weighted by Crippen LogP contribution is 2.23. The van der Waals surface area contributed by atoms with Crippen molar-refractivity contribution in [2.75, 3.05) is 32.6 Å². The Balaban J connectivity index is 1.86. The highest BCUT2D eigenvalue weighted by Gasteiger charge is 2.20. The number of hydrogen-bond donors (Lipinski definition) is 1. The second kappa shape index (κ2) is 6.20. The van der Waals surface area contributed by atoms with E-state index in [1.54, 1.807) is 13.2 Å². The summed E-state index contributed by atoms with van der Waals surface area (Å²) in [6.45, 7) is 1.82. The van der Waals surface area contributed by atoms with Gasteiger partial charge in [0.05, 0.1) is 12.8 Å². The Morgan fingerprint density at radius 3 is 3.11 bits per heavy atom. The Morgan fingerprint density at radius 2 is 2.44 bits per heavy atom. The maximum atomic E-state index is 5.99. The molecular formula is C12H19ClN4O. The molecule has 5 nitrogen and oxygen atoms in total. The Labute approximate surface area is 113 Å². The Bertz CT molecular complexity index is 402. The first-order chi connectivity index (χ1) is 8.70. The second-order valence-corrected chi connectivity index (χ2v) is 4.92. The summed E-state index contributed by atoms with van der Waals surface area (Å²) in [6, 6.07) is 0.620. The molecule has 1 aliphatic heterocycles. The molecule has 0 amide bonds. The second-order valence-electron chi connectivity index (χ2n) is 4.51. The van der Waals surface area contributed by atoms with E-state index in [-0.39, 0.29) is 0 Å². The third-order valence-corrected chi connectivity index (χ3v) is 3.56. The standard InChI is InChI=1S/C12H19ClN4O/c1-14-12-15-8-10(13)11(16-12)18-7-5-9-4-3-6-17(9)2/h8-9H,3-7H2,1-2H3,(H,14,15,16). The molecule has 1 fully saturated rings. The minimum atomic E-state index is 0.453. The minimum Gasteiger partial charge on any atom is -0.476 e. The van der Waals surface area contributed by atoms with Crippen LogP contribution in [-0.4, -0.2) is 48.2 Å². The number of rotatable bonds is 5. The Hall–Kier alpha value is -1.07. The SMILES string of the molecule is CNc1ncc(Cl)c(OCCC2CCCN2C)n1. The van der Waals surface area contributed by atoms with Gasteiger partial charge < -0.3 is 15.0 Å². The third kappa shape index (κ3) is 3.23. The van der Waals surface area contributed by atoms with Crippen molar-refractivity contribution in [3.05, 3.63) is 11.2 Å². The van der Waals surface area contributed by atoms with Gasteiger partial charge in [-0.25, -0.2) is 4.98 Å². The predicted molar refractivity (Wildman–Crippen MR) is 72.4 cm³/mol. The quantitative estimate of drug-likeness (QED) is 0.887. The summed E-state index contributed by atoms with van der Waals surface area (Å²) in [7, 11) is 3.93. The van der Waals surface area contributed by atoms with Crippen LogP contribution < -0.4 is 10.1 Å². The van der Waals surface area contributed by atoms with Gasteiger partial charge in [-0.15, -0.1) is 0 Å². The van der Waals surface area contributed by atoms with E-state index < -0.39 is 0 Å². The number of anilines is 1. The largest absolute Gasteiger partial charge is 0.476 e. The number of likely N-dealkylation sites (tertiary alicyclic amines) is 1. The fourth-order valence-electron chi connectivity index (χ4n) is 2.21. The third-order valence-electron chi connectivity index (χ3n) is 3.30. The van der Waals surface area contributed by atoms with Gasteiger partial charge in [0.25, 0.3) is 0 Å². The summed E-state index contributed by atoms with van der Waals surface area (Å²) in [6.07, 6.45) is 5.08. The van der Waals surface area contributed by atoms with Gasteiger partial charge in [-0.1, -0.05) is 11.6 Å². The van der Waals surface area contributed by atoms with E-state index in [4.69, 9.17) is 16.3 Å². The van der Waals surface area contributed by atoms with Crippen LogP contribution in [-0.2, 0) is 0 Å². The molecule has 0 radical (unpaired) electrons. The van der Waals surface area contributed by atoms with Crippen LogP contribution in [0, 0.1) is 0 Å². The van der Waals surface area contributed by atoms with Crippen molar-refractivity contribution in [3.63, 3.8) is 0 Å². The smallest absolute Gasteiger partial charge is 0.237 e. The van der Waals surface area contributed by atoms with Gasteiger partial charge in [-0.05, 0) is 32.9 Å². The fraction of sp³-hybridized carbons (Fsp3) is 0.667. The van der Waals surface area contributed by atoms with E-state index in [1.807, 2.05) is 0 Å². The maximum absolute atomic E-state index is 5.99. The van der Waals surface area contributed by atoms with Crippen LogP contribution in [0.1, 0.15) is 19.3 Å². The first-order valence-electron chi connectivity index (χ1n) is 6.24. The summed E-state index contributed by atoms with van der Waals surface area (Å²) >= 11 is 5.99.